The maximum atomic E-state index is 14.1. The fourth-order valence-corrected chi connectivity index (χ4v) is 4.92. The number of nitrogens with one attached hydrogen (secondary N) is 1. The molecule has 0 bridgehead atoms. The van der Waals surface area contributed by atoms with Crippen LogP contribution in [0.25, 0.3) is 0 Å². The summed E-state index contributed by atoms with van der Waals surface area (Å²) >= 11 is 0. The Morgan fingerprint density at radius 2 is 1.75 bits per heavy atom. The highest BCUT2D eigenvalue weighted by Gasteiger charge is 2.33. The zero-order valence-corrected chi connectivity index (χ0v) is 19.6. The average molecular weight is 508 g/mol. The molecule has 36 heavy (non-hydrogen) atoms. The van der Waals surface area contributed by atoms with E-state index in [2.05, 4.69) is 36.2 Å². The smallest absolute Gasteiger partial charge is 0.416 e. The maximum Gasteiger partial charge on any atom is 0.416 e. The van der Waals surface area contributed by atoms with Crippen molar-refractivity contribution < 1.29 is 37.0 Å². The SMILES string of the molecule is C=CC1COC[C@H]1c1ccc(C2CCCC(C(=O)Nc3ccc(C(F)(F)F)cc3F)C2)cc1.O=CO. The van der Waals surface area contributed by atoms with Gasteiger partial charge in [-0.1, -0.05) is 36.8 Å². The number of carbonyl (C=O) groups is 2. The lowest BCUT2D eigenvalue weighted by atomic mass is 9.77. The molecule has 194 valence electrons. The van der Waals surface area contributed by atoms with E-state index in [1.165, 1.54) is 5.56 Å². The Balaban J connectivity index is 0.00000115. The minimum Gasteiger partial charge on any atom is -0.483 e. The van der Waals surface area contributed by atoms with E-state index < -0.39 is 17.6 Å². The van der Waals surface area contributed by atoms with Crippen molar-refractivity contribution in [3.05, 3.63) is 77.6 Å². The number of anilines is 1. The van der Waals surface area contributed by atoms with Crippen LogP contribution < -0.4 is 5.32 Å². The number of carboxylic acid groups (broad SMARTS) is 1. The highest BCUT2D eigenvalue weighted by molar-refractivity contribution is 5.92. The minimum absolute atomic E-state index is 0.205. The van der Waals surface area contributed by atoms with Gasteiger partial charge in [0.05, 0.1) is 24.5 Å². The molecule has 2 aromatic carbocycles. The van der Waals surface area contributed by atoms with Crippen molar-refractivity contribution in [2.24, 2.45) is 11.8 Å². The van der Waals surface area contributed by atoms with E-state index >= 15 is 0 Å². The van der Waals surface area contributed by atoms with Gasteiger partial charge in [-0.2, -0.15) is 13.2 Å². The van der Waals surface area contributed by atoms with Gasteiger partial charge in [-0.15, -0.1) is 6.58 Å². The Morgan fingerprint density at radius 3 is 2.36 bits per heavy atom. The van der Waals surface area contributed by atoms with E-state index in [0.29, 0.717) is 44.0 Å². The first-order chi connectivity index (χ1) is 17.2. The van der Waals surface area contributed by atoms with Crippen LogP contribution in [0.1, 0.15) is 54.2 Å². The predicted octanol–water partition coefficient (Wildman–Crippen LogP) is 6.37. The summed E-state index contributed by atoms with van der Waals surface area (Å²) in [6.45, 7) is 5.02. The maximum absolute atomic E-state index is 14.1. The molecule has 1 aliphatic heterocycles. The van der Waals surface area contributed by atoms with E-state index in [9.17, 15) is 22.4 Å². The van der Waals surface area contributed by atoms with Gasteiger partial charge in [0.25, 0.3) is 6.47 Å². The van der Waals surface area contributed by atoms with E-state index in [4.69, 9.17) is 14.6 Å². The van der Waals surface area contributed by atoms with E-state index in [1.807, 2.05) is 6.08 Å². The summed E-state index contributed by atoms with van der Waals surface area (Å²) in [5, 5.41) is 9.37. The van der Waals surface area contributed by atoms with Gasteiger partial charge in [-0.3, -0.25) is 9.59 Å². The van der Waals surface area contributed by atoms with Gasteiger partial charge >= 0.3 is 6.18 Å². The number of hydrogen-bond acceptors (Lipinski definition) is 3. The van der Waals surface area contributed by atoms with Crippen LogP contribution in [0.4, 0.5) is 23.2 Å². The number of halogens is 4. The van der Waals surface area contributed by atoms with E-state index in [1.54, 1.807) is 0 Å². The summed E-state index contributed by atoms with van der Waals surface area (Å²) in [5.74, 6) is -0.944. The van der Waals surface area contributed by atoms with Gasteiger partial charge in [0, 0.05) is 17.8 Å². The highest BCUT2D eigenvalue weighted by Crippen LogP contribution is 2.39. The second-order valence-electron chi connectivity index (χ2n) is 9.06. The Hall–Kier alpha value is -3.20. The third-order valence-electron chi connectivity index (χ3n) is 6.86. The molecule has 0 aromatic heterocycles. The predicted molar refractivity (Wildman–Crippen MR) is 127 cm³/mol. The Labute approximate surface area is 207 Å². The molecule has 1 saturated heterocycles. The Kier molecular flexibility index (Phi) is 9.25. The number of ether oxygens (including phenoxy) is 1. The van der Waals surface area contributed by atoms with Crippen LogP contribution in [-0.4, -0.2) is 30.7 Å². The van der Waals surface area contributed by atoms with Crippen molar-refractivity contribution in [2.75, 3.05) is 18.5 Å². The number of rotatable bonds is 5. The van der Waals surface area contributed by atoms with Crippen molar-refractivity contribution in [1.29, 1.82) is 0 Å². The standard InChI is InChI=1S/C26H27F4NO2.CH2O2/c1-2-16-14-33-15-22(16)18-8-6-17(7-9-18)19-4-3-5-20(12-19)25(32)31-24-11-10-21(13-23(24)27)26(28,29)30;2-1-3/h2,6-11,13,16,19-20,22H,1,3-5,12,14-15H2,(H,31,32);1H,(H,2,3)/t16?,19?,20?,22-;/m1./s1. The molecule has 1 heterocycles. The molecule has 2 aromatic rings. The van der Waals surface area contributed by atoms with Crippen LogP contribution in [-0.2, 0) is 20.5 Å². The fourth-order valence-electron chi connectivity index (χ4n) is 4.92. The molecule has 4 rings (SSSR count). The zero-order valence-electron chi connectivity index (χ0n) is 19.6. The van der Waals surface area contributed by atoms with Crippen molar-refractivity contribution in [1.82, 2.24) is 0 Å². The number of hydrogen-bond donors (Lipinski definition) is 2. The molecule has 9 heteroatoms. The van der Waals surface area contributed by atoms with E-state index in [0.717, 1.165) is 30.5 Å². The highest BCUT2D eigenvalue weighted by atomic mass is 19.4. The van der Waals surface area contributed by atoms with Gasteiger partial charge in [-0.25, -0.2) is 4.39 Å². The minimum atomic E-state index is -4.63. The van der Waals surface area contributed by atoms with Gasteiger partial charge in [-0.05, 0) is 54.5 Å². The molecule has 3 unspecified atom stereocenters. The average Bonchev–Trinajstić information content (AvgIpc) is 3.34. The summed E-state index contributed by atoms with van der Waals surface area (Å²) in [4.78, 5) is 21.1. The van der Waals surface area contributed by atoms with Crippen molar-refractivity contribution in [3.8, 4) is 0 Å². The molecule has 2 aliphatic rings. The second-order valence-corrected chi connectivity index (χ2v) is 9.06. The van der Waals surface area contributed by atoms with Gasteiger partial charge in [0.2, 0.25) is 5.91 Å². The molecule has 1 aliphatic carbocycles. The van der Waals surface area contributed by atoms with Gasteiger partial charge < -0.3 is 15.2 Å². The third-order valence-corrected chi connectivity index (χ3v) is 6.86. The quantitative estimate of drug-likeness (QED) is 0.280. The van der Waals surface area contributed by atoms with Crippen molar-refractivity contribution in [3.63, 3.8) is 0 Å². The largest absolute Gasteiger partial charge is 0.483 e. The van der Waals surface area contributed by atoms with Gasteiger partial charge in [0.15, 0.2) is 0 Å². The van der Waals surface area contributed by atoms with Crippen LogP contribution >= 0.6 is 0 Å². The first-order valence-corrected chi connectivity index (χ1v) is 11.7. The molecule has 0 radical (unpaired) electrons. The lowest BCUT2D eigenvalue weighted by Crippen LogP contribution is -2.28. The lowest BCUT2D eigenvalue weighted by Gasteiger charge is -2.29. The number of amides is 1. The summed E-state index contributed by atoms with van der Waals surface area (Å²) in [6.07, 6.45) is 0.412. The molecule has 4 atom stereocenters. The van der Waals surface area contributed by atoms with E-state index in [-0.39, 0.29) is 29.9 Å². The van der Waals surface area contributed by atoms with Crippen molar-refractivity contribution >= 4 is 18.1 Å². The summed E-state index contributed by atoms with van der Waals surface area (Å²) in [7, 11) is 0. The molecule has 2 fully saturated rings. The Morgan fingerprint density at radius 1 is 1.08 bits per heavy atom. The monoisotopic (exact) mass is 507 g/mol. The summed E-state index contributed by atoms with van der Waals surface area (Å²) in [5.41, 5.74) is 1.06. The third kappa shape index (κ3) is 6.72. The van der Waals surface area contributed by atoms with Crippen LogP contribution in [0, 0.1) is 17.7 Å². The first kappa shape index (κ1) is 27.4. The summed E-state index contributed by atoms with van der Waals surface area (Å²) < 4.78 is 58.0. The Bertz CT molecular complexity index is 1050. The first-order valence-electron chi connectivity index (χ1n) is 11.7. The fraction of sp³-hybridized carbons (Fsp3) is 0.407. The van der Waals surface area contributed by atoms with Crippen LogP contribution in [0.5, 0.6) is 0 Å². The second kappa shape index (κ2) is 12.2. The van der Waals surface area contributed by atoms with Crippen LogP contribution in [0.3, 0.4) is 0 Å². The zero-order chi connectivity index (χ0) is 26.3. The number of alkyl halides is 3. The lowest BCUT2D eigenvalue weighted by molar-refractivity contribution is -0.137. The number of benzene rings is 2. The molecule has 1 amide bonds. The molecular weight excluding hydrogens is 478 g/mol. The molecule has 0 spiro atoms. The summed E-state index contributed by atoms with van der Waals surface area (Å²) in [6, 6.07) is 10.6. The molecule has 5 nitrogen and oxygen atoms in total. The van der Waals surface area contributed by atoms with Crippen molar-refractivity contribution in [2.45, 2.75) is 43.7 Å². The van der Waals surface area contributed by atoms with Gasteiger partial charge in [0.1, 0.15) is 5.82 Å². The van der Waals surface area contributed by atoms with Crippen LogP contribution in [0.15, 0.2) is 55.1 Å². The number of carbonyl (C=O) groups excluding carboxylic acids is 1. The topological polar surface area (TPSA) is 75.6 Å². The molecule has 2 N–H and O–H groups in total. The molecular formula is C27H29F4NO4. The molecule has 1 saturated carbocycles. The van der Waals surface area contributed by atoms with Crippen LogP contribution in [0.2, 0.25) is 0 Å². The normalized spacial score (nSPS) is 23.8.